The Hall–Kier alpha value is -3.87. The average Bonchev–Trinajstić information content (AvgIpc) is 3.47. The number of aromatic amines is 1. The van der Waals surface area contributed by atoms with Crippen molar-refractivity contribution < 1.29 is 32.9 Å². The molecule has 13 heteroatoms. The molecule has 248 valence electrons. The van der Waals surface area contributed by atoms with Gasteiger partial charge in [-0.3, -0.25) is 14.3 Å². The first-order valence-corrected chi connectivity index (χ1v) is 17.4. The van der Waals surface area contributed by atoms with Crippen LogP contribution >= 0.6 is 6.72 Å². The summed E-state index contributed by atoms with van der Waals surface area (Å²) in [6.45, 7) is 1.36. The van der Waals surface area contributed by atoms with Gasteiger partial charge in [0.05, 0.1) is 33.5 Å². The lowest BCUT2D eigenvalue weighted by Gasteiger charge is -2.37. The smallest absolute Gasteiger partial charge is 0.330 e. The fourth-order valence-corrected chi connectivity index (χ4v) is 6.99. The molecule has 0 bridgehead atoms. The molecular formula is C34H37N2O9PS. The molecule has 1 fully saturated rings. The maximum atomic E-state index is 12.8. The van der Waals surface area contributed by atoms with E-state index < -0.39 is 42.0 Å². The van der Waals surface area contributed by atoms with Gasteiger partial charge in [-0.2, -0.15) is 0 Å². The number of aryl methyl sites for hydroxylation is 1. The molecule has 5 rings (SSSR count). The molecule has 3 aromatic carbocycles. The van der Waals surface area contributed by atoms with Gasteiger partial charge in [-0.25, -0.2) is 4.79 Å². The van der Waals surface area contributed by atoms with E-state index in [1.165, 1.54) is 16.8 Å². The normalized spacial score (nSPS) is 19.2. The minimum Gasteiger partial charge on any atom is -0.497 e. The maximum absolute atomic E-state index is 12.8. The largest absolute Gasteiger partial charge is 0.497 e. The van der Waals surface area contributed by atoms with E-state index in [9.17, 15) is 14.5 Å². The minimum absolute atomic E-state index is 0.0173. The highest BCUT2D eigenvalue weighted by Gasteiger charge is 2.44. The molecule has 1 saturated heterocycles. The summed E-state index contributed by atoms with van der Waals surface area (Å²) >= 11 is 5.29. The molecule has 4 atom stereocenters. The highest BCUT2D eigenvalue weighted by atomic mass is 32.5. The standard InChI is InChI=1S/C34H37N2O9PS/c1-5-19-43-46(39,47)45-29-20-31(36-21-23(2)32(37)35-33(36)38)44-30(29)22-42-34(24-9-7-6-8-10-24,25-11-15-27(40-3)16-12-25)26-13-17-28(41-4)18-14-26/h5-18,21,29-31H,1,19-20,22H2,2-4H3,(H,39,47)(H,35,37,38)/t29-,30+,31+,46?/m0/s1. The number of methoxy groups -OCH3 is 2. The molecule has 1 aromatic heterocycles. The van der Waals surface area contributed by atoms with Crippen LogP contribution in [0.5, 0.6) is 11.5 Å². The average molecular weight is 681 g/mol. The van der Waals surface area contributed by atoms with Crippen molar-refractivity contribution in [2.24, 2.45) is 0 Å². The monoisotopic (exact) mass is 680 g/mol. The Morgan fingerprint density at radius 2 is 1.57 bits per heavy atom. The molecule has 47 heavy (non-hydrogen) atoms. The quantitative estimate of drug-likeness (QED) is 0.107. The Kier molecular flexibility index (Phi) is 10.9. The minimum atomic E-state index is -3.75. The zero-order valence-corrected chi connectivity index (χ0v) is 27.9. The zero-order chi connectivity index (χ0) is 33.6. The molecule has 0 aliphatic carbocycles. The van der Waals surface area contributed by atoms with Gasteiger partial charge in [0.1, 0.15) is 29.4 Å². The van der Waals surface area contributed by atoms with Crippen molar-refractivity contribution in [3.8, 4) is 11.5 Å². The molecule has 1 unspecified atom stereocenters. The Balaban J connectivity index is 1.58. The molecule has 0 spiro atoms. The SMILES string of the molecule is C=CCOP(O)(=S)O[C@H]1C[C@H](n2cc(C)c(=O)[nH]c2=O)O[C@@H]1COC(c1ccccc1)(c1ccc(OC)cc1)c1ccc(OC)cc1. The number of ether oxygens (including phenoxy) is 4. The number of hydrogen-bond acceptors (Lipinski definition) is 9. The summed E-state index contributed by atoms with van der Waals surface area (Å²) in [7, 11) is 3.20. The molecule has 0 radical (unpaired) electrons. The highest BCUT2D eigenvalue weighted by molar-refractivity contribution is 8.07. The maximum Gasteiger partial charge on any atom is 0.330 e. The van der Waals surface area contributed by atoms with Gasteiger partial charge < -0.3 is 32.9 Å². The third kappa shape index (κ3) is 7.66. The van der Waals surface area contributed by atoms with Crippen LogP contribution < -0.4 is 20.7 Å². The zero-order valence-electron chi connectivity index (χ0n) is 26.2. The van der Waals surface area contributed by atoms with Crippen molar-refractivity contribution in [2.45, 2.75) is 37.4 Å². The van der Waals surface area contributed by atoms with E-state index in [0.717, 1.165) is 16.7 Å². The van der Waals surface area contributed by atoms with Gasteiger partial charge in [0.25, 0.3) is 5.56 Å². The van der Waals surface area contributed by atoms with Crippen molar-refractivity contribution in [3.63, 3.8) is 0 Å². The number of benzene rings is 3. The second-order valence-corrected chi connectivity index (χ2v) is 13.6. The molecule has 2 N–H and O–H groups in total. The Morgan fingerprint density at radius 3 is 2.13 bits per heavy atom. The predicted molar refractivity (Wildman–Crippen MR) is 180 cm³/mol. The van der Waals surface area contributed by atoms with Crippen LogP contribution in [0.25, 0.3) is 0 Å². The lowest BCUT2D eigenvalue weighted by molar-refractivity contribution is -0.0927. The van der Waals surface area contributed by atoms with Gasteiger partial charge in [-0.1, -0.05) is 60.7 Å². The second-order valence-electron chi connectivity index (χ2n) is 10.9. The Morgan fingerprint density at radius 1 is 1.00 bits per heavy atom. The van der Waals surface area contributed by atoms with Gasteiger partial charge in [0.15, 0.2) is 0 Å². The first-order chi connectivity index (χ1) is 22.6. The number of H-pyrrole nitrogens is 1. The number of hydrogen-bond donors (Lipinski definition) is 2. The van der Waals surface area contributed by atoms with E-state index in [1.807, 2.05) is 78.9 Å². The summed E-state index contributed by atoms with van der Waals surface area (Å²) in [6.07, 6.45) is 0.451. The summed E-state index contributed by atoms with van der Waals surface area (Å²) in [6, 6.07) is 24.9. The summed E-state index contributed by atoms with van der Waals surface area (Å²) in [5.41, 5.74) is 0.451. The molecule has 1 aliphatic heterocycles. The fraction of sp³-hybridized carbons (Fsp3) is 0.294. The second kappa shape index (κ2) is 14.9. The van der Waals surface area contributed by atoms with Gasteiger partial charge in [0, 0.05) is 18.2 Å². The van der Waals surface area contributed by atoms with Crippen LogP contribution in [0, 0.1) is 6.92 Å². The first-order valence-electron chi connectivity index (χ1n) is 14.8. The third-order valence-corrected chi connectivity index (χ3v) is 9.49. The number of nitrogens with one attached hydrogen (secondary N) is 1. The lowest BCUT2D eigenvalue weighted by atomic mass is 9.80. The molecule has 2 heterocycles. The number of aromatic nitrogens is 2. The van der Waals surface area contributed by atoms with Crippen LogP contribution in [-0.4, -0.2) is 54.1 Å². The summed E-state index contributed by atoms with van der Waals surface area (Å²) in [5, 5.41) is 0. The van der Waals surface area contributed by atoms with Crippen molar-refractivity contribution in [2.75, 3.05) is 27.4 Å². The van der Waals surface area contributed by atoms with E-state index in [2.05, 4.69) is 11.6 Å². The molecule has 4 aromatic rings. The van der Waals surface area contributed by atoms with Crippen LogP contribution in [0.3, 0.4) is 0 Å². The molecule has 0 amide bonds. The Bertz CT molecular complexity index is 1780. The predicted octanol–water partition coefficient (Wildman–Crippen LogP) is 4.96. The van der Waals surface area contributed by atoms with Gasteiger partial charge in [0.2, 0.25) is 0 Å². The molecule has 11 nitrogen and oxygen atoms in total. The van der Waals surface area contributed by atoms with Gasteiger partial charge in [-0.05, 0) is 59.7 Å². The Labute approximate surface area is 277 Å². The first kappa shape index (κ1) is 34.5. The van der Waals surface area contributed by atoms with Crippen LogP contribution in [0.4, 0.5) is 0 Å². The lowest BCUT2D eigenvalue weighted by Crippen LogP contribution is -2.38. The van der Waals surface area contributed by atoms with E-state index in [4.69, 9.17) is 39.8 Å². The third-order valence-electron chi connectivity index (χ3n) is 7.90. The van der Waals surface area contributed by atoms with Crippen LogP contribution in [-0.2, 0) is 35.9 Å². The highest BCUT2D eigenvalue weighted by Crippen LogP contribution is 2.49. The summed E-state index contributed by atoms with van der Waals surface area (Å²) in [5.74, 6) is 1.35. The molecule has 1 aliphatic rings. The van der Waals surface area contributed by atoms with Crippen LogP contribution in [0.1, 0.15) is 34.9 Å². The molecular weight excluding hydrogens is 643 g/mol. The number of rotatable bonds is 14. The fourth-order valence-electron chi connectivity index (χ4n) is 5.56. The van der Waals surface area contributed by atoms with Crippen LogP contribution in [0.2, 0.25) is 0 Å². The van der Waals surface area contributed by atoms with Crippen molar-refractivity contribution >= 4 is 18.5 Å². The summed E-state index contributed by atoms with van der Waals surface area (Å²) in [4.78, 5) is 38.1. The topological polar surface area (TPSA) is 130 Å². The molecule has 0 saturated carbocycles. The van der Waals surface area contributed by atoms with E-state index in [1.54, 1.807) is 21.1 Å². The van der Waals surface area contributed by atoms with Gasteiger partial charge >= 0.3 is 12.4 Å². The van der Waals surface area contributed by atoms with Crippen LogP contribution in [0.15, 0.2) is 107 Å². The number of nitrogens with zero attached hydrogens (tertiary/aromatic N) is 1. The van der Waals surface area contributed by atoms with Crippen molar-refractivity contribution in [1.29, 1.82) is 0 Å². The van der Waals surface area contributed by atoms with Crippen molar-refractivity contribution in [1.82, 2.24) is 9.55 Å². The van der Waals surface area contributed by atoms with E-state index >= 15 is 0 Å². The van der Waals surface area contributed by atoms with Crippen molar-refractivity contribution in [3.05, 3.63) is 141 Å². The van der Waals surface area contributed by atoms with E-state index in [0.29, 0.717) is 17.1 Å². The van der Waals surface area contributed by atoms with E-state index in [-0.39, 0.29) is 19.6 Å². The van der Waals surface area contributed by atoms with Gasteiger partial charge in [-0.15, -0.1) is 6.58 Å². The summed E-state index contributed by atoms with van der Waals surface area (Å²) < 4.78 is 37.0.